The summed E-state index contributed by atoms with van der Waals surface area (Å²) in [6.07, 6.45) is 2.76. The SMILES string of the molecule is Cc1cc(C)c(Cc2noc([C@H]3CCCO3)n2)c(C)c1. The first-order valence-electron chi connectivity index (χ1n) is 7.14. The Morgan fingerprint density at radius 2 is 1.95 bits per heavy atom. The first-order valence-corrected chi connectivity index (χ1v) is 7.14. The number of nitrogens with zero attached hydrogens (tertiary/aromatic N) is 2. The van der Waals surface area contributed by atoms with Crippen LogP contribution < -0.4 is 0 Å². The third-order valence-electron chi connectivity index (χ3n) is 3.86. The van der Waals surface area contributed by atoms with Gasteiger partial charge in [-0.25, -0.2) is 0 Å². The first-order chi connectivity index (χ1) is 9.63. The Morgan fingerprint density at radius 3 is 2.60 bits per heavy atom. The van der Waals surface area contributed by atoms with Crippen LogP contribution in [0.1, 0.15) is 52.9 Å². The van der Waals surface area contributed by atoms with Crippen molar-refractivity contribution in [3.05, 3.63) is 46.1 Å². The molecule has 0 unspecified atom stereocenters. The molecule has 1 aromatic heterocycles. The van der Waals surface area contributed by atoms with Crippen LogP contribution in [0.3, 0.4) is 0 Å². The van der Waals surface area contributed by atoms with Gasteiger partial charge in [0.1, 0.15) is 6.10 Å². The van der Waals surface area contributed by atoms with E-state index in [1.54, 1.807) is 0 Å². The maximum Gasteiger partial charge on any atom is 0.255 e. The maximum absolute atomic E-state index is 5.57. The van der Waals surface area contributed by atoms with Crippen LogP contribution in [0.2, 0.25) is 0 Å². The van der Waals surface area contributed by atoms with Crippen LogP contribution in [-0.2, 0) is 11.2 Å². The van der Waals surface area contributed by atoms with E-state index < -0.39 is 0 Å². The largest absolute Gasteiger partial charge is 0.368 e. The summed E-state index contributed by atoms with van der Waals surface area (Å²) >= 11 is 0. The number of ether oxygens (including phenoxy) is 1. The predicted molar refractivity (Wildman–Crippen MR) is 75.7 cm³/mol. The lowest BCUT2D eigenvalue weighted by molar-refractivity contribution is 0.0835. The van der Waals surface area contributed by atoms with Crippen LogP contribution in [-0.4, -0.2) is 16.7 Å². The molecule has 2 aromatic rings. The minimum Gasteiger partial charge on any atom is -0.368 e. The zero-order valence-electron chi connectivity index (χ0n) is 12.3. The number of benzene rings is 1. The molecule has 20 heavy (non-hydrogen) atoms. The fourth-order valence-electron chi connectivity index (χ4n) is 2.89. The predicted octanol–water partition coefficient (Wildman–Crippen LogP) is 3.44. The molecule has 0 aliphatic carbocycles. The van der Waals surface area contributed by atoms with Gasteiger partial charge in [-0.3, -0.25) is 0 Å². The molecule has 106 valence electrons. The van der Waals surface area contributed by atoms with Crippen LogP contribution in [0.25, 0.3) is 0 Å². The van der Waals surface area contributed by atoms with Crippen molar-refractivity contribution in [2.75, 3.05) is 6.61 Å². The zero-order valence-corrected chi connectivity index (χ0v) is 12.3. The average Bonchev–Trinajstić information content (AvgIpc) is 3.04. The Kier molecular flexibility index (Phi) is 3.57. The van der Waals surface area contributed by atoms with Crippen molar-refractivity contribution in [1.29, 1.82) is 0 Å². The van der Waals surface area contributed by atoms with Gasteiger partial charge in [-0.15, -0.1) is 0 Å². The summed E-state index contributed by atoms with van der Waals surface area (Å²) in [6, 6.07) is 4.40. The summed E-state index contributed by atoms with van der Waals surface area (Å²) in [4.78, 5) is 4.49. The van der Waals surface area contributed by atoms with E-state index in [0.29, 0.717) is 12.3 Å². The number of hydrogen-bond donors (Lipinski definition) is 0. The van der Waals surface area contributed by atoms with Crippen molar-refractivity contribution in [3.8, 4) is 0 Å². The van der Waals surface area contributed by atoms with Gasteiger partial charge in [0, 0.05) is 13.0 Å². The standard InChI is InChI=1S/C16H20N2O2/c1-10-7-11(2)13(12(3)8-10)9-15-17-16(20-18-15)14-5-4-6-19-14/h7-8,14H,4-6,9H2,1-3H3/t14-/m1/s1. The van der Waals surface area contributed by atoms with Gasteiger partial charge in [-0.2, -0.15) is 4.98 Å². The quantitative estimate of drug-likeness (QED) is 0.858. The van der Waals surface area contributed by atoms with Gasteiger partial charge < -0.3 is 9.26 Å². The minimum atomic E-state index is -0.00328. The third-order valence-corrected chi connectivity index (χ3v) is 3.86. The van der Waals surface area contributed by atoms with E-state index >= 15 is 0 Å². The highest BCUT2D eigenvalue weighted by atomic mass is 16.5. The zero-order chi connectivity index (χ0) is 14.1. The summed E-state index contributed by atoms with van der Waals surface area (Å²) in [5.41, 5.74) is 5.14. The van der Waals surface area contributed by atoms with Crippen molar-refractivity contribution < 1.29 is 9.26 Å². The van der Waals surface area contributed by atoms with Gasteiger partial charge in [0.2, 0.25) is 0 Å². The van der Waals surface area contributed by atoms with Gasteiger partial charge in [0.25, 0.3) is 5.89 Å². The molecular formula is C16H20N2O2. The monoisotopic (exact) mass is 272 g/mol. The fourth-order valence-corrected chi connectivity index (χ4v) is 2.89. The average molecular weight is 272 g/mol. The molecule has 0 radical (unpaired) electrons. The molecule has 0 bridgehead atoms. The van der Waals surface area contributed by atoms with Gasteiger partial charge in [0.05, 0.1) is 0 Å². The van der Waals surface area contributed by atoms with Crippen LogP contribution >= 0.6 is 0 Å². The lowest BCUT2D eigenvalue weighted by Gasteiger charge is -2.09. The first kappa shape index (κ1) is 13.3. The van der Waals surface area contributed by atoms with E-state index in [0.717, 1.165) is 25.3 Å². The topological polar surface area (TPSA) is 48.2 Å². The highest BCUT2D eigenvalue weighted by molar-refractivity contribution is 5.38. The number of aromatic nitrogens is 2. The summed E-state index contributed by atoms with van der Waals surface area (Å²) in [6.45, 7) is 7.18. The van der Waals surface area contributed by atoms with Crippen molar-refractivity contribution >= 4 is 0 Å². The van der Waals surface area contributed by atoms with Gasteiger partial charge in [-0.1, -0.05) is 22.9 Å². The lowest BCUT2D eigenvalue weighted by Crippen LogP contribution is -2.00. The van der Waals surface area contributed by atoms with E-state index in [1.807, 2.05) is 0 Å². The number of hydrogen-bond acceptors (Lipinski definition) is 4. The van der Waals surface area contributed by atoms with Crippen molar-refractivity contribution in [2.24, 2.45) is 0 Å². The van der Waals surface area contributed by atoms with Crippen LogP contribution in [0.15, 0.2) is 16.7 Å². The molecule has 4 heteroatoms. The molecule has 4 nitrogen and oxygen atoms in total. The van der Waals surface area contributed by atoms with E-state index in [2.05, 4.69) is 43.0 Å². The highest BCUT2D eigenvalue weighted by Crippen LogP contribution is 2.27. The summed E-state index contributed by atoms with van der Waals surface area (Å²) in [5, 5.41) is 4.09. The molecule has 0 saturated carbocycles. The summed E-state index contributed by atoms with van der Waals surface area (Å²) < 4.78 is 10.9. The van der Waals surface area contributed by atoms with Crippen molar-refractivity contribution in [2.45, 2.75) is 46.1 Å². The van der Waals surface area contributed by atoms with E-state index in [1.165, 1.54) is 22.3 Å². The fraction of sp³-hybridized carbons (Fsp3) is 0.500. The summed E-state index contributed by atoms with van der Waals surface area (Å²) in [5.74, 6) is 1.37. The van der Waals surface area contributed by atoms with Crippen LogP contribution in [0.4, 0.5) is 0 Å². The third kappa shape index (κ3) is 2.61. The highest BCUT2D eigenvalue weighted by Gasteiger charge is 2.24. The van der Waals surface area contributed by atoms with Crippen LogP contribution in [0.5, 0.6) is 0 Å². The molecule has 1 aliphatic rings. The normalized spacial score (nSPS) is 18.6. The Hall–Kier alpha value is -1.68. The Labute approximate surface area is 119 Å². The molecule has 3 rings (SSSR count). The molecule has 0 spiro atoms. The van der Waals surface area contributed by atoms with Crippen LogP contribution in [0, 0.1) is 20.8 Å². The van der Waals surface area contributed by atoms with Crippen molar-refractivity contribution in [3.63, 3.8) is 0 Å². The molecule has 1 atom stereocenters. The van der Waals surface area contributed by atoms with E-state index in [-0.39, 0.29) is 6.10 Å². The van der Waals surface area contributed by atoms with Gasteiger partial charge in [-0.05, 0) is 50.3 Å². The second kappa shape index (κ2) is 5.37. The summed E-state index contributed by atoms with van der Waals surface area (Å²) in [7, 11) is 0. The van der Waals surface area contributed by atoms with E-state index in [9.17, 15) is 0 Å². The Bertz CT molecular complexity index is 590. The maximum atomic E-state index is 5.57. The second-order valence-corrected chi connectivity index (χ2v) is 5.60. The molecule has 0 N–H and O–H groups in total. The number of aryl methyl sites for hydroxylation is 3. The van der Waals surface area contributed by atoms with Crippen molar-refractivity contribution in [1.82, 2.24) is 10.1 Å². The molecule has 1 aliphatic heterocycles. The molecule has 1 saturated heterocycles. The molecule has 2 heterocycles. The molecule has 0 amide bonds. The Balaban J connectivity index is 1.81. The van der Waals surface area contributed by atoms with Gasteiger partial charge in [0.15, 0.2) is 5.82 Å². The minimum absolute atomic E-state index is 0.00328. The molecule has 1 aromatic carbocycles. The lowest BCUT2D eigenvalue weighted by atomic mass is 9.97. The molecular weight excluding hydrogens is 252 g/mol. The van der Waals surface area contributed by atoms with Gasteiger partial charge >= 0.3 is 0 Å². The van der Waals surface area contributed by atoms with E-state index in [4.69, 9.17) is 9.26 Å². The number of rotatable bonds is 3. The molecule has 1 fully saturated rings. The smallest absolute Gasteiger partial charge is 0.255 e. The Morgan fingerprint density at radius 1 is 1.20 bits per heavy atom. The second-order valence-electron chi connectivity index (χ2n) is 5.60.